The van der Waals surface area contributed by atoms with E-state index in [-0.39, 0.29) is 16.7 Å². The number of rotatable bonds is 9. The van der Waals surface area contributed by atoms with Crippen molar-refractivity contribution in [3.05, 3.63) is 48.0 Å². The Morgan fingerprint density at radius 2 is 1.94 bits per heavy atom. The third-order valence-electron chi connectivity index (χ3n) is 6.25. The van der Waals surface area contributed by atoms with Gasteiger partial charge in [0.1, 0.15) is 5.75 Å². The first-order valence-corrected chi connectivity index (χ1v) is 14.2. The number of nitrogens with zero attached hydrogens (tertiary/aromatic N) is 3. The van der Waals surface area contributed by atoms with Crippen LogP contribution in [-0.4, -0.2) is 67.9 Å². The summed E-state index contributed by atoms with van der Waals surface area (Å²) < 4.78 is 71.3. The number of ether oxygens (including phenoxy) is 3. The molecule has 8 nitrogen and oxygen atoms in total. The first-order valence-electron chi connectivity index (χ1n) is 11.8. The van der Waals surface area contributed by atoms with E-state index >= 15 is 0 Å². The Kier molecular flexibility index (Phi) is 7.77. The number of aromatic nitrogens is 2. The zero-order valence-corrected chi connectivity index (χ0v) is 21.1. The van der Waals surface area contributed by atoms with Crippen LogP contribution in [0.3, 0.4) is 0 Å². The highest BCUT2D eigenvalue weighted by Gasteiger charge is 2.28. The second-order valence-corrected chi connectivity index (χ2v) is 11.5. The van der Waals surface area contributed by atoms with Crippen molar-refractivity contribution in [1.82, 2.24) is 13.9 Å². The molecule has 2 aliphatic heterocycles. The van der Waals surface area contributed by atoms with Crippen LogP contribution in [0, 0.1) is 0 Å². The lowest BCUT2D eigenvalue weighted by Gasteiger charge is -2.26. The number of alkyl halides is 2. The smallest absolute Gasteiger partial charge is 0.387 e. The van der Waals surface area contributed by atoms with Crippen LogP contribution in [0.5, 0.6) is 5.75 Å². The minimum atomic E-state index is -3.67. The van der Waals surface area contributed by atoms with Gasteiger partial charge in [-0.15, -0.1) is 0 Å². The van der Waals surface area contributed by atoms with Crippen LogP contribution in [0.4, 0.5) is 8.78 Å². The summed E-state index contributed by atoms with van der Waals surface area (Å²) in [6, 6.07) is 11.7. The number of para-hydroxylation sites is 1. The second-order valence-electron chi connectivity index (χ2n) is 8.58. The molecule has 5 rings (SSSR count). The zero-order valence-electron chi connectivity index (χ0n) is 19.5. The van der Waals surface area contributed by atoms with Gasteiger partial charge >= 0.3 is 6.61 Å². The van der Waals surface area contributed by atoms with Crippen molar-refractivity contribution in [3.8, 4) is 5.75 Å². The Balaban J connectivity index is 1.46. The van der Waals surface area contributed by atoms with Crippen molar-refractivity contribution in [2.75, 3.05) is 32.9 Å². The lowest BCUT2D eigenvalue weighted by molar-refractivity contribution is -0.0503. The monoisotopic (exact) mass is 539 g/mol. The van der Waals surface area contributed by atoms with E-state index in [1.165, 1.54) is 22.1 Å². The second kappa shape index (κ2) is 11.0. The van der Waals surface area contributed by atoms with Crippen LogP contribution in [0.2, 0.25) is 0 Å². The largest absolute Gasteiger partial charge is 0.435 e. The maximum Gasteiger partial charge on any atom is 0.387 e. The van der Waals surface area contributed by atoms with E-state index in [9.17, 15) is 17.2 Å². The topological polar surface area (TPSA) is 82.9 Å². The molecule has 3 aromatic rings. The SMILES string of the molecule is O=S(=O)(c1ccc2c(c1)nc(SCc1ccccc1OC(F)F)n2C[C@@H]1CCCO1)N1CCOCC1. The van der Waals surface area contributed by atoms with Gasteiger partial charge in [-0.25, -0.2) is 13.4 Å². The van der Waals surface area contributed by atoms with Gasteiger partial charge in [-0.3, -0.25) is 0 Å². The van der Waals surface area contributed by atoms with Crippen molar-refractivity contribution in [2.24, 2.45) is 0 Å². The van der Waals surface area contributed by atoms with Gasteiger partial charge in [0, 0.05) is 31.0 Å². The molecule has 1 atom stereocenters. The van der Waals surface area contributed by atoms with Crippen molar-refractivity contribution >= 4 is 32.8 Å². The predicted molar refractivity (Wildman–Crippen MR) is 131 cm³/mol. The number of halogens is 2. The van der Waals surface area contributed by atoms with E-state index in [0.717, 1.165) is 18.4 Å². The maximum atomic E-state index is 13.2. The summed E-state index contributed by atoms with van der Waals surface area (Å²) in [6.45, 7) is -0.260. The van der Waals surface area contributed by atoms with Crippen LogP contribution in [0.15, 0.2) is 52.5 Å². The minimum Gasteiger partial charge on any atom is -0.435 e. The van der Waals surface area contributed by atoms with E-state index in [0.29, 0.717) is 61.4 Å². The Morgan fingerprint density at radius 3 is 2.69 bits per heavy atom. The molecular formula is C24H27F2N3O5S2. The number of morpholine rings is 1. The number of fused-ring (bicyclic) bond motifs is 1. The summed E-state index contributed by atoms with van der Waals surface area (Å²) in [6.07, 6.45) is 1.95. The van der Waals surface area contributed by atoms with Crippen molar-refractivity contribution in [1.29, 1.82) is 0 Å². The fourth-order valence-corrected chi connectivity index (χ4v) is 6.88. The molecule has 0 amide bonds. The molecule has 0 radical (unpaired) electrons. The Hall–Kier alpha value is -2.25. The predicted octanol–water partition coefficient (Wildman–Crippen LogP) is 4.13. The number of hydrogen-bond donors (Lipinski definition) is 0. The third-order valence-corrected chi connectivity index (χ3v) is 9.17. The fraction of sp³-hybridized carbons (Fsp3) is 0.458. The molecule has 0 unspecified atom stereocenters. The Bertz CT molecular complexity index is 1310. The molecule has 1 aromatic heterocycles. The third kappa shape index (κ3) is 5.52. The van der Waals surface area contributed by atoms with Crippen LogP contribution >= 0.6 is 11.8 Å². The number of benzene rings is 2. The van der Waals surface area contributed by atoms with Gasteiger partial charge in [0.15, 0.2) is 5.16 Å². The average Bonchev–Trinajstić information content (AvgIpc) is 3.51. The molecule has 2 saturated heterocycles. The van der Waals surface area contributed by atoms with E-state index in [2.05, 4.69) is 4.74 Å². The van der Waals surface area contributed by atoms with Gasteiger partial charge in [-0.1, -0.05) is 30.0 Å². The summed E-state index contributed by atoms with van der Waals surface area (Å²) in [7, 11) is -3.67. The lowest BCUT2D eigenvalue weighted by Crippen LogP contribution is -2.40. The van der Waals surface area contributed by atoms with Crippen LogP contribution in [0.1, 0.15) is 18.4 Å². The highest BCUT2D eigenvalue weighted by molar-refractivity contribution is 7.98. The van der Waals surface area contributed by atoms with Gasteiger partial charge in [0.2, 0.25) is 10.0 Å². The molecule has 12 heteroatoms. The number of thioether (sulfide) groups is 1. The molecule has 2 aromatic carbocycles. The van der Waals surface area contributed by atoms with E-state index in [1.807, 2.05) is 4.57 Å². The van der Waals surface area contributed by atoms with E-state index in [4.69, 9.17) is 14.5 Å². The van der Waals surface area contributed by atoms with E-state index < -0.39 is 16.6 Å². The van der Waals surface area contributed by atoms with Crippen LogP contribution in [0.25, 0.3) is 11.0 Å². The quantitative estimate of drug-likeness (QED) is 0.378. The molecule has 194 valence electrons. The molecule has 0 aliphatic carbocycles. The highest BCUT2D eigenvalue weighted by Crippen LogP contribution is 2.33. The van der Waals surface area contributed by atoms with E-state index in [1.54, 1.807) is 36.4 Å². The van der Waals surface area contributed by atoms with Gasteiger partial charge in [-0.05, 0) is 37.1 Å². The normalized spacial score (nSPS) is 19.4. The van der Waals surface area contributed by atoms with Gasteiger partial charge in [-0.2, -0.15) is 13.1 Å². The molecule has 3 heterocycles. The Labute approximate surface area is 212 Å². The summed E-state index contributed by atoms with van der Waals surface area (Å²) in [5.74, 6) is 0.483. The van der Waals surface area contributed by atoms with Gasteiger partial charge in [0.05, 0.1) is 41.8 Å². The van der Waals surface area contributed by atoms with Gasteiger partial charge in [0.25, 0.3) is 0 Å². The molecule has 0 spiro atoms. The number of imidazole rings is 1. The first-order chi connectivity index (χ1) is 17.4. The summed E-state index contributed by atoms with van der Waals surface area (Å²) in [4.78, 5) is 4.94. The summed E-state index contributed by atoms with van der Waals surface area (Å²) in [5, 5.41) is 0.660. The summed E-state index contributed by atoms with van der Waals surface area (Å²) >= 11 is 1.39. The zero-order chi connectivity index (χ0) is 25.1. The summed E-state index contributed by atoms with van der Waals surface area (Å²) in [5.41, 5.74) is 1.97. The molecule has 2 fully saturated rings. The van der Waals surface area contributed by atoms with Crippen molar-refractivity contribution in [3.63, 3.8) is 0 Å². The molecule has 0 saturated carbocycles. The molecular weight excluding hydrogens is 512 g/mol. The standard InChI is InChI=1S/C24H27F2N3O5S2/c25-23(26)34-22-6-2-1-4-17(22)16-35-24-27-20-14-19(36(30,31)28-9-12-32-13-10-28)7-8-21(20)29(24)15-18-5-3-11-33-18/h1-2,4,6-8,14,18,23H,3,5,9-13,15-16H2/t18-/m0/s1. The van der Waals surface area contributed by atoms with Crippen LogP contribution < -0.4 is 4.74 Å². The molecule has 2 aliphatic rings. The lowest BCUT2D eigenvalue weighted by atomic mass is 10.2. The maximum absolute atomic E-state index is 13.2. The van der Waals surface area contributed by atoms with Crippen LogP contribution in [-0.2, 0) is 31.8 Å². The van der Waals surface area contributed by atoms with Gasteiger partial charge < -0.3 is 18.8 Å². The fourth-order valence-electron chi connectivity index (χ4n) is 4.44. The molecule has 0 N–H and O–H groups in total. The minimum absolute atomic E-state index is 0.0352. The first kappa shape index (κ1) is 25.4. The van der Waals surface area contributed by atoms with Crippen molar-refractivity contribution in [2.45, 2.75) is 47.9 Å². The number of sulfonamides is 1. The molecule has 0 bridgehead atoms. The number of hydrogen-bond acceptors (Lipinski definition) is 7. The highest BCUT2D eigenvalue weighted by atomic mass is 32.2. The average molecular weight is 540 g/mol. The van der Waals surface area contributed by atoms with Crippen molar-refractivity contribution < 1.29 is 31.4 Å². The molecule has 36 heavy (non-hydrogen) atoms. The Morgan fingerprint density at radius 1 is 1.14 bits per heavy atom.